The molecule has 0 bridgehead atoms. The number of carboxylic acid groups (broad SMARTS) is 1. The molecule has 0 aromatic carbocycles. The molecule has 1 rings (SSSR count). The van der Waals surface area contributed by atoms with Gasteiger partial charge in [-0.1, -0.05) is 26.2 Å². The molecule has 3 N–H and O–H groups in total. The summed E-state index contributed by atoms with van der Waals surface area (Å²) in [6, 6.07) is 0. The minimum Gasteiger partial charge on any atom is -0.481 e. The molecule has 16 heavy (non-hydrogen) atoms. The van der Waals surface area contributed by atoms with Gasteiger partial charge in [-0.2, -0.15) is 0 Å². The third-order valence-electron chi connectivity index (χ3n) is 3.92. The van der Waals surface area contributed by atoms with Crippen LogP contribution in [0.25, 0.3) is 0 Å². The molecule has 3 heteroatoms. The summed E-state index contributed by atoms with van der Waals surface area (Å²) in [4.78, 5) is 11.2. The fourth-order valence-corrected chi connectivity index (χ4v) is 2.76. The van der Waals surface area contributed by atoms with Gasteiger partial charge >= 0.3 is 5.97 Å². The molecule has 1 aliphatic rings. The van der Waals surface area contributed by atoms with Crippen molar-refractivity contribution in [1.29, 1.82) is 0 Å². The van der Waals surface area contributed by atoms with Crippen molar-refractivity contribution >= 4 is 5.97 Å². The highest BCUT2D eigenvalue weighted by Crippen LogP contribution is 2.35. The van der Waals surface area contributed by atoms with E-state index in [1.807, 2.05) is 0 Å². The molecule has 0 radical (unpaired) electrons. The Hall–Kier alpha value is -0.570. The number of hydrogen-bond donors (Lipinski definition) is 2. The van der Waals surface area contributed by atoms with Gasteiger partial charge in [0.05, 0.1) is 5.92 Å². The Kier molecular flexibility index (Phi) is 5.81. The van der Waals surface area contributed by atoms with Crippen molar-refractivity contribution in [2.45, 2.75) is 51.9 Å². The fraction of sp³-hybridized carbons (Fsp3) is 0.923. The highest BCUT2D eigenvalue weighted by atomic mass is 16.4. The Bertz CT molecular complexity index is 210. The van der Waals surface area contributed by atoms with Crippen LogP contribution >= 0.6 is 0 Å². The number of rotatable bonds is 6. The van der Waals surface area contributed by atoms with E-state index in [4.69, 9.17) is 5.73 Å². The number of carboxylic acids is 1. The standard InChI is InChI=1S/C13H25NO2/c1-10-5-7-11(8-6-10)12(13(15)16)4-2-3-9-14/h10-12H,2-9,14H2,1H3,(H,15,16). The first kappa shape index (κ1) is 13.5. The molecule has 1 unspecified atom stereocenters. The average Bonchev–Trinajstić information content (AvgIpc) is 2.26. The van der Waals surface area contributed by atoms with Crippen molar-refractivity contribution in [3.63, 3.8) is 0 Å². The summed E-state index contributed by atoms with van der Waals surface area (Å²) in [5.41, 5.74) is 5.44. The summed E-state index contributed by atoms with van der Waals surface area (Å²) in [5.74, 6) is 0.469. The van der Waals surface area contributed by atoms with Gasteiger partial charge in [-0.25, -0.2) is 0 Å². The molecule has 0 amide bonds. The van der Waals surface area contributed by atoms with E-state index >= 15 is 0 Å². The van der Waals surface area contributed by atoms with Crippen LogP contribution in [0.2, 0.25) is 0 Å². The Labute approximate surface area is 98.4 Å². The van der Waals surface area contributed by atoms with Crippen LogP contribution in [0.1, 0.15) is 51.9 Å². The zero-order valence-corrected chi connectivity index (χ0v) is 10.3. The maximum absolute atomic E-state index is 11.2. The number of aliphatic carboxylic acids is 1. The van der Waals surface area contributed by atoms with Gasteiger partial charge in [-0.05, 0) is 44.1 Å². The molecule has 0 spiro atoms. The molecule has 1 fully saturated rings. The van der Waals surface area contributed by atoms with Crippen LogP contribution in [0.5, 0.6) is 0 Å². The lowest BCUT2D eigenvalue weighted by atomic mass is 9.75. The van der Waals surface area contributed by atoms with Gasteiger partial charge in [0.25, 0.3) is 0 Å². The predicted octanol–water partition coefficient (Wildman–Crippen LogP) is 2.64. The summed E-state index contributed by atoms with van der Waals surface area (Å²) in [7, 11) is 0. The van der Waals surface area contributed by atoms with E-state index < -0.39 is 5.97 Å². The van der Waals surface area contributed by atoms with Crippen LogP contribution in [0.15, 0.2) is 0 Å². The minimum absolute atomic E-state index is 0.126. The van der Waals surface area contributed by atoms with Crippen molar-refractivity contribution in [2.24, 2.45) is 23.5 Å². The molecule has 0 aliphatic heterocycles. The van der Waals surface area contributed by atoms with Gasteiger partial charge in [0, 0.05) is 0 Å². The molecule has 94 valence electrons. The molecule has 3 nitrogen and oxygen atoms in total. The van der Waals surface area contributed by atoms with Crippen LogP contribution in [0.3, 0.4) is 0 Å². The van der Waals surface area contributed by atoms with E-state index in [-0.39, 0.29) is 5.92 Å². The lowest BCUT2D eigenvalue weighted by molar-refractivity contribution is -0.144. The van der Waals surface area contributed by atoms with Crippen LogP contribution in [-0.2, 0) is 4.79 Å². The summed E-state index contributed by atoms with van der Waals surface area (Å²) >= 11 is 0. The first-order valence-electron chi connectivity index (χ1n) is 6.58. The fourth-order valence-electron chi connectivity index (χ4n) is 2.76. The van der Waals surface area contributed by atoms with Crippen LogP contribution in [-0.4, -0.2) is 17.6 Å². The highest BCUT2D eigenvalue weighted by Gasteiger charge is 2.30. The SMILES string of the molecule is CC1CCC(C(CCCCN)C(=O)O)CC1. The van der Waals surface area contributed by atoms with Crippen molar-refractivity contribution < 1.29 is 9.90 Å². The first-order chi connectivity index (χ1) is 7.65. The van der Waals surface area contributed by atoms with Crippen molar-refractivity contribution in [3.8, 4) is 0 Å². The van der Waals surface area contributed by atoms with Gasteiger partial charge in [0.15, 0.2) is 0 Å². The van der Waals surface area contributed by atoms with E-state index in [2.05, 4.69) is 6.92 Å². The maximum atomic E-state index is 11.2. The second-order valence-electron chi connectivity index (χ2n) is 5.25. The Balaban J connectivity index is 2.40. The Morgan fingerprint density at radius 3 is 2.44 bits per heavy atom. The average molecular weight is 227 g/mol. The Morgan fingerprint density at radius 2 is 1.94 bits per heavy atom. The monoisotopic (exact) mass is 227 g/mol. The van der Waals surface area contributed by atoms with E-state index in [0.29, 0.717) is 12.5 Å². The van der Waals surface area contributed by atoms with Gasteiger partial charge < -0.3 is 10.8 Å². The summed E-state index contributed by atoms with van der Waals surface area (Å²) in [5, 5.41) is 9.26. The molecule has 0 aromatic rings. The van der Waals surface area contributed by atoms with Gasteiger partial charge in [-0.15, -0.1) is 0 Å². The molecule has 0 saturated heterocycles. The van der Waals surface area contributed by atoms with E-state index in [9.17, 15) is 9.90 Å². The topological polar surface area (TPSA) is 63.3 Å². The lowest BCUT2D eigenvalue weighted by Crippen LogP contribution is -2.27. The smallest absolute Gasteiger partial charge is 0.306 e. The van der Waals surface area contributed by atoms with Gasteiger partial charge in [0.1, 0.15) is 0 Å². The molecular weight excluding hydrogens is 202 g/mol. The van der Waals surface area contributed by atoms with Crippen LogP contribution < -0.4 is 5.73 Å². The van der Waals surface area contributed by atoms with Crippen molar-refractivity contribution in [2.75, 3.05) is 6.54 Å². The summed E-state index contributed by atoms with van der Waals surface area (Å²) < 4.78 is 0. The van der Waals surface area contributed by atoms with Gasteiger partial charge in [0.2, 0.25) is 0 Å². The summed E-state index contributed by atoms with van der Waals surface area (Å²) in [6.45, 7) is 2.94. The van der Waals surface area contributed by atoms with Gasteiger partial charge in [-0.3, -0.25) is 4.79 Å². The zero-order chi connectivity index (χ0) is 12.0. The number of nitrogens with two attached hydrogens (primary N) is 1. The number of hydrogen-bond acceptors (Lipinski definition) is 2. The van der Waals surface area contributed by atoms with Crippen LogP contribution in [0.4, 0.5) is 0 Å². The second kappa shape index (κ2) is 6.89. The summed E-state index contributed by atoms with van der Waals surface area (Å²) in [6.07, 6.45) is 7.32. The molecular formula is C13H25NO2. The predicted molar refractivity (Wildman–Crippen MR) is 65.2 cm³/mol. The van der Waals surface area contributed by atoms with E-state index in [0.717, 1.165) is 38.0 Å². The molecule has 1 aliphatic carbocycles. The largest absolute Gasteiger partial charge is 0.481 e. The van der Waals surface area contributed by atoms with Crippen molar-refractivity contribution in [1.82, 2.24) is 0 Å². The normalized spacial score (nSPS) is 27.6. The van der Waals surface area contributed by atoms with Crippen LogP contribution in [0, 0.1) is 17.8 Å². The minimum atomic E-state index is -0.600. The second-order valence-corrected chi connectivity index (χ2v) is 5.25. The number of unbranched alkanes of at least 4 members (excludes halogenated alkanes) is 1. The molecule has 0 aromatic heterocycles. The first-order valence-corrected chi connectivity index (χ1v) is 6.58. The van der Waals surface area contributed by atoms with E-state index in [1.54, 1.807) is 0 Å². The quantitative estimate of drug-likeness (QED) is 0.686. The third kappa shape index (κ3) is 4.12. The zero-order valence-electron chi connectivity index (χ0n) is 10.3. The molecule has 0 heterocycles. The third-order valence-corrected chi connectivity index (χ3v) is 3.92. The Morgan fingerprint density at radius 1 is 1.31 bits per heavy atom. The highest BCUT2D eigenvalue weighted by molar-refractivity contribution is 5.70. The lowest BCUT2D eigenvalue weighted by Gasteiger charge is -2.30. The number of carbonyl (C=O) groups is 1. The molecule has 1 saturated carbocycles. The van der Waals surface area contributed by atoms with Crippen molar-refractivity contribution in [3.05, 3.63) is 0 Å². The molecule has 1 atom stereocenters. The van der Waals surface area contributed by atoms with E-state index in [1.165, 1.54) is 12.8 Å². The maximum Gasteiger partial charge on any atom is 0.306 e.